The molecule has 1 atom stereocenters. The van der Waals surface area contributed by atoms with Crippen LogP contribution in [0.5, 0.6) is 11.5 Å². The zero-order chi connectivity index (χ0) is 15.0. The summed E-state index contributed by atoms with van der Waals surface area (Å²) in [5.41, 5.74) is 2.67. The number of hydrogen-bond acceptors (Lipinski definition) is 2. The summed E-state index contributed by atoms with van der Waals surface area (Å²) >= 11 is 0. The molecule has 0 amide bonds. The molecule has 1 heterocycles. The molecule has 3 nitrogen and oxygen atoms in total. The highest BCUT2D eigenvalue weighted by Gasteiger charge is 2.31. The lowest BCUT2D eigenvalue weighted by atomic mass is 9.98. The van der Waals surface area contributed by atoms with Crippen molar-refractivity contribution in [3.8, 4) is 11.5 Å². The van der Waals surface area contributed by atoms with Crippen molar-refractivity contribution in [3.63, 3.8) is 0 Å². The highest BCUT2D eigenvalue weighted by Crippen LogP contribution is 2.35. The Balaban J connectivity index is 2.30. The number of nitrogens with zero attached hydrogens (tertiary/aromatic N) is 1. The summed E-state index contributed by atoms with van der Waals surface area (Å²) in [5, 5.41) is 0. The molecule has 0 aliphatic carbocycles. The van der Waals surface area contributed by atoms with Crippen LogP contribution in [-0.2, 0) is 6.54 Å². The molecule has 1 aromatic rings. The van der Waals surface area contributed by atoms with Crippen LogP contribution in [0.3, 0.4) is 0 Å². The van der Waals surface area contributed by atoms with Gasteiger partial charge in [0, 0.05) is 0 Å². The molecule has 0 spiro atoms. The Morgan fingerprint density at radius 3 is 2.30 bits per heavy atom. The fraction of sp³-hybridized carbons (Fsp3) is 0.562. The molecule has 1 aromatic carbocycles. The number of fused-ring (bicyclic) bond motifs is 1. The maximum atomic E-state index is 5.43. The highest BCUT2D eigenvalue weighted by molar-refractivity contribution is 6.76. The molecule has 0 saturated carbocycles. The quantitative estimate of drug-likeness (QED) is 0.482. The molecule has 0 N–H and O–H groups in total. The van der Waals surface area contributed by atoms with Crippen LogP contribution in [-0.4, -0.2) is 46.5 Å². The number of quaternary nitrogens is 1. The van der Waals surface area contributed by atoms with E-state index >= 15 is 0 Å². The van der Waals surface area contributed by atoms with Crippen molar-refractivity contribution in [1.82, 2.24) is 0 Å². The van der Waals surface area contributed by atoms with Crippen molar-refractivity contribution < 1.29 is 14.0 Å². The number of benzene rings is 1. The predicted molar refractivity (Wildman–Crippen MR) is 85.9 cm³/mol. The summed E-state index contributed by atoms with van der Waals surface area (Å²) in [4.78, 5) is 0. The van der Waals surface area contributed by atoms with Gasteiger partial charge in [0.15, 0.2) is 0 Å². The summed E-state index contributed by atoms with van der Waals surface area (Å²) in [6.07, 6.45) is 3.65. The van der Waals surface area contributed by atoms with E-state index in [9.17, 15) is 0 Å². The molecular formula is C16H27NO2Si. The Hall–Kier alpha value is -1.13. The van der Waals surface area contributed by atoms with Gasteiger partial charge in [0.1, 0.15) is 19.6 Å². The Morgan fingerprint density at radius 2 is 1.75 bits per heavy atom. The highest BCUT2D eigenvalue weighted by atomic mass is 28.3. The van der Waals surface area contributed by atoms with Crippen molar-refractivity contribution in [3.05, 3.63) is 29.7 Å². The fourth-order valence-corrected chi connectivity index (χ4v) is 5.86. The van der Waals surface area contributed by atoms with Crippen LogP contribution in [0.25, 0.3) is 0 Å². The summed E-state index contributed by atoms with van der Waals surface area (Å²) in [6, 6.07) is 4.25. The van der Waals surface area contributed by atoms with Crippen molar-refractivity contribution >= 4 is 8.07 Å². The number of likely N-dealkylation sites (N-methyl/N-ethyl adjacent to an activating group) is 1. The Bertz CT molecular complexity index is 496. The van der Waals surface area contributed by atoms with E-state index < -0.39 is 8.07 Å². The lowest BCUT2D eigenvalue weighted by Crippen LogP contribution is -2.54. The average molecular weight is 293 g/mol. The van der Waals surface area contributed by atoms with E-state index in [0.29, 0.717) is 0 Å². The maximum absolute atomic E-state index is 5.43. The Labute approximate surface area is 124 Å². The van der Waals surface area contributed by atoms with Crippen molar-refractivity contribution in [2.45, 2.75) is 26.2 Å². The summed E-state index contributed by atoms with van der Waals surface area (Å²) in [7, 11) is 4.68. The van der Waals surface area contributed by atoms with E-state index in [1.54, 1.807) is 14.2 Å². The molecule has 1 aliphatic heterocycles. The predicted octanol–water partition coefficient (Wildman–Crippen LogP) is 3.09. The van der Waals surface area contributed by atoms with Crippen LogP contribution >= 0.6 is 0 Å². The van der Waals surface area contributed by atoms with Gasteiger partial charge in [-0.2, -0.15) is 5.56 Å². The van der Waals surface area contributed by atoms with Crippen LogP contribution in [0, 0.1) is 6.42 Å². The van der Waals surface area contributed by atoms with Gasteiger partial charge in [-0.15, -0.1) is 12.5 Å². The third-order valence-corrected chi connectivity index (χ3v) is 5.52. The molecular weight excluding hydrogens is 266 g/mol. The molecule has 0 saturated heterocycles. The first-order chi connectivity index (χ1) is 9.26. The van der Waals surface area contributed by atoms with Crippen LogP contribution in [0.15, 0.2) is 12.1 Å². The number of ether oxygens (including phenoxy) is 2. The van der Waals surface area contributed by atoms with Gasteiger partial charge in [-0.05, 0) is 0 Å². The van der Waals surface area contributed by atoms with Crippen LogP contribution in [0.2, 0.25) is 19.6 Å². The van der Waals surface area contributed by atoms with Gasteiger partial charge in [-0.3, -0.25) is 0 Å². The molecule has 4 heteroatoms. The topological polar surface area (TPSA) is 18.5 Å². The van der Waals surface area contributed by atoms with Gasteiger partial charge in [0.2, 0.25) is 0 Å². The molecule has 0 bridgehead atoms. The number of rotatable bonds is 4. The van der Waals surface area contributed by atoms with E-state index in [-0.39, 0.29) is 0 Å². The van der Waals surface area contributed by atoms with Gasteiger partial charge in [-0.1, -0.05) is 31.3 Å². The van der Waals surface area contributed by atoms with Crippen LogP contribution in [0.1, 0.15) is 11.1 Å². The van der Waals surface area contributed by atoms with E-state index in [1.165, 1.54) is 17.3 Å². The minimum absolute atomic E-state index is 0.823. The van der Waals surface area contributed by atoms with Crippen LogP contribution < -0.4 is 9.47 Å². The SMILES string of the molecule is COc1cc2c(cc1OC)C[N+](C)(C[Si](C)(C)C)C[CH-]2. The third-order valence-electron chi connectivity index (χ3n) is 3.81. The van der Waals surface area contributed by atoms with Crippen molar-refractivity contribution in [1.29, 1.82) is 0 Å². The molecule has 1 aliphatic rings. The van der Waals surface area contributed by atoms with Gasteiger partial charge >= 0.3 is 0 Å². The number of hydrogen-bond donors (Lipinski definition) is 0. The third kappa shape index (κ3) is 3.30. The van der Waals surface area contributed by atoms with E-state index in [0.717, 1.165) is 29.1 Å². The van der Waals surface area contributed by atoms with Gasteiger partial charge < -0.3 is 14.0 Å². The molecule has 0 fully saturated rings. The molecule has 1 unspecified atom stereocenters. The van der Waals surface area contributed by atoms with Crippen molar-refractivity contribution in [2.75, 3.05) is 34.0 Å². The summed E-state index contributed by atoms with van der Waals surface area (Å²) < 4.78 is 11.9. The number of methoxy groups -OCH3 is 2. The largest absolute Gasteiger partial charge is 0.506 e. The summed E-state index contributed by atoms with van der Waals surface area (Å²) in [6.45, 7) is 9.52. The minimum Gasteiger partial charge on any atom is -0.506 e. The Kier molecular flexibility index (Phi) is 4.07. The van der Waals surface area contributed by atoms with Gasteiger partial charge in [0.25, 0.3) is 0 Å². The second-order valence-electron chi connectivity index (χ2n) is 7.29. The van der Waals surface area contributed by atoms with E-state index in [4.69, 9.17) is 9.47 Å². The smallest absolute Gasteiger partial charge is 0.136 e. The molecule has 0 aromatic heterocycles. The second kappa shape index (κ2) is 5.33. The zero-order valence-corrected chi connectivity index (χ0v) is 14.6. The van der Waals surface area contributed by atoms with Crippen molar-refractivity contribution in [2.24, 2.45) is 0 Å². The minimum atomic E-state index is -1.08. The first kappa shape index (κ1) is 15.3. The first-order valence-electron chi connectivity index (χ1n) is 7.18. The molecule has 2 rings (SSSR count). The normalized spacial score (nSPS) is 21.9. The van der Waals surface area contributed by atoms with E-state index in [1.807, 2.05) is 0 Å². The molecule has 20 heavy (non-hydrogen) atoms. The summed E-state index contributed by atoms with van der Waals surface area (Å²) in [5.74, 6) is 1.66. The maximum Gasteiger partial charge on any atom is 0.136 e. The first-order valence-corrected chi connectivity index (χ1v) is 10.9. The zero-order valence-electron chi connectivity index (χ0n) is 13.6. The lowest BCUT2D eigenvalue weighted by Gasteiger charge is -2.46. The fourth-order valence-electron chi connectivity index (χ4n) is 3.32. The molecule has 112 valence electrons. The lowest BCUT2D eigenvalue weighted by molar-refractivity contribution is -0.911. The molecule has 0 radical (unpaired) electrons. The monoisotopic (exact) mass is 293 g/mol. The standard InChI is InChI=1S/C16H27NO2Si/c1-17(12-20(4,5)6)8-7-13-9-15(18-2)16(19-3)10-14(13)11-17/h7,9-10H,8,11-12H2,1-6H3. The van der Waals surface area contributed by atoms with Crippen LogP contribution in [0.4, 0.5) is 0 Å². The van der Waals surface area contributed by atoms with Gasteiger partial charge in [0.05, 0.1) is 40.5 Å². The Morgan fingerprint density at radius 1 is 1.15 bits per heavy atom. The van der Waals surface area contributed by atoms with Gasteiger partial charge in [-0.25, -0.2) is 0 Å². The second-order valence-corrected chi connectivity index (χ2v) is 12.7. The van der Waals surface area contributed by atoms with E-state index in [2.05, 4.69) is 45.2 Å². The average Bonchev–Trinajstić information content (AvgIpc) is 2.34.